The van der Waals surface area contributed by atoms with Crippen molar-refractivity contribution in [2.24, 2.45) is 0 Å². The lowest BCUT2D eigenvalue weighted by Crippen LogP contribution is -2.55. The van der Waals surface area contributed by atoms with E-state index in [1.54, 1.807) is 25.9 Å². The molecule has 4 unspecified atom stereocenters. The number of aromatic nitrogens is 3. The number of aromatic amines is 1. The Morgan fingerprint density at radius 3 is 2.56 bits per heavy atom. The maximum absolute atomic E-state index is 14.4. The van der Waals surface area contributed by atoms with Crippen molar-refractivity contribution in [2.45, 2.75) is 44.1 Å². The Morgan fingerprint density at radius 2 is 1.84 bits per heavy atom. The Labute approximate surface area is 251 Å². The highest BCUT2D eigenvalue weighted by molar-refractivity contribution is 5.92. The van der Waals surface area contributed by atoms with Crippen molar-refractivity contribution in [2.75, 3.05) is 40.3 Å². The van der Waals surface area contributed by atoms with Crippen LogP contribution in [0.5, 0.6) is 0 Å². The summed E-state index contributed by atoms with van der Waals surface area (Å²) < 4.78 is 5.89. The van der Waals surface area contributed by atoms with E-state index in [1.807, 2.05) is 55.6 Å². The van der Waals surface area contributed by atoms with E-state index in [4.69, 9.17) is 4.42 Å². The van der Waals surface area contributed by atoms with Gasteiger partial charge in [0.15, 0.2) is 0 Å². The van der Waals surface area contributed by atoms with Crippen LogP contribution in [0.25, 0.3) is 10.9 Å². The molecule has 1 aliphatic rings. The summed E-state index contributed by atoms with van der Waals surface area (Å²) in [5.74, 6) is -0.308. The zero-order valence-electron chi connectivity index (χ0n) is 25.0. The van der Waals surface area contributed by atoms with Crippen LogP contribution >= 0.6 is 0 Å². The molecule has 43 heavy (non-hydrogen) atoms. The number of aryl methyl sites for hydroxylation is 1. The molecule has 0 radical (unpaired) electrons. The highest BCUT2D eigenvalue weighted by atomic mass is 16.4. The molecule has 2 aromatic carbocycles. The van der Waals surface area contributed by atoms with Crippen LogP contribution in [0, 0.1) is 6.92 Å². The summed E-state index contributed by atoms with van der Waals surface area (Å²) in [4.78, 5) is 46.4. The first-order valence-electron chi connectivity index (χ1n) is 14.6. The van der Waals surface area contributed by atoms with Gasteiger partial charge in [0.2, 0.25) is 29.5 Å². The second-order valence-electron chi connectivity index (χ2n) is 11.3. The zero-order valence-corrected chi connectivity index (χ0v) is 25.0. The number of H-pyrrole nitrogens is 1. The average Bonchev–Trinajstić information content (AvgIpc) is 3.66. The molecular formula is C32H39N7O4. The van der Waals surface area contributed by atoms with Crippen LogP contribution in [0.3, 0.4) is 0 Å². The predicted octanol–water partition coefficient (Wildman–Crippen LogP) is 2.93. The fourth-order valence-electron chi connectivity index (χ4n) is 6.02. The topological polar surface area (TPSA) is 136 Å². The van der Waals surface area contributed by atoms with Crippen LogP contribution in [0.1, 0.15) is 54.0 Å². The minimum absolute atomic E-state index is 0.0935. The second-order valence-corrected chi connectivity index (χ2v) is 11.3. The van der Waals surface area contributed by atoms with Gasteiger partial charge in [0.1, 0.15) is 6.04 Å². The Kier molecular flexibility index (Phi) is 9.20. The Morgan fingerprint density at radius 1 is 1.09 bits per heavy atom. The largest absolute Gasteiger partial charge is 0.425 e. The number of rotatable bonds is 10. The maximum Gasteiger partial charge on any atom is 0.245 e. The van der Waals surface area contributed by atoms with Gasteiger partial charge in [0, 0.05) is 50.1 Å². The molecule has 4 aromatic rings. The summed E-state index contributed by atoms with van der Waals surface area (Å²) in [7, 11) is 3.25. The normalized spacial score (nSPS) is 18.3. The van der Waals surface area contributed by atoms with Gasteiger partial charge in [-0.2, -0.15) is 0 Å². The van der Waals surface area contributed by atoms with Crippen molar-refractivity contribution >= 4 is 28.6 Å². The summed E-state index contributed by atoms with van der Waals surface area (Å²) >= 11 is 0. The number of para-hydroxylation sites is 1. The lowest BCUT2D eigenvalue weighted by atomic mass is 9.80. The SMILES string of the molecule is CNCC(=O)N(C)CC(=O)NC(C(=O)N1CCC(c2ccccc2)C(c2nnc(C)o2)C1)C(C)c1c[nH]c2ccccc12. The molecule has 11 nitrogen and oxygen atoms in total. The fourth-order valence-corrected chi connectivity index (χ4v) is 6.02. The van der Waals surface area contributed by atoms with E-state index >= 15 is 0 Å². The van der Waals surface area contributed by atoms with Crippen molar-refractivity contribution in [3.63, 3.8) is 0 Å². The van der Waals surface area contributed by atoms with Gasteiger partial charge in [-0.25, -0.2) is 0 Å². The number of nitrogens with one attached hydrogen (secondary N) is 3. The standard InChI is InChI=1S/C32H39N7O4/c1-20(25-16-34-27-13-9-8-12-24(25)27)30(35-28(40)19-38(4)29(41)17-33-3)32(42)39-15-14-23(22-10-6-5-7-11-22)26(18-39)31-37-36-21(2)43-31/h5-13,16,20,23,26,30,33-34H,14-15,17-19H2,1-4H3,(H,35,40). The van der Waals surface area contributed by atoms with Gasteiger partial charge in [-0.05, 0) is 36.6 Å². The molecule has 2 aromatic heterocycles. The van der Waals surface area contributed by atoms with E-state index in [-0.39, 0.29) is 42.7 Å². The van der Waals surface area contributed by atoms with Gasteiger partial charge < -0.3 is 29.8 Å². The highest BCUT2D eigenvalue weighted by Crippen LogP contribution is 2.40. The third-order valence-corrected chi connectivity index (χ3v) is 8.34. The van der Waals surface area contributed by atoms with Gasteiger partial charge >= 0.3 is 0 Å². The first-order chi connectivity index (χ1) is 20.8. The van der Waals surface area contributed by atoms with Crippen molar-refractivity contribution in [3.8, 4) is 0 Å². The molecule has 3 amide bonds. The van der Waals surface area contributed by atoms with E-state index in [0.717, 1.165) is 22.0 Å². The van der Waals surface area contributed by atoms with Gasteiger partial charge in [0.05, 0.1) is 19.0 Å². The molecule has 0 spiro atoms. The number of fused-ring (bicyclic) bond motifs is 1. The number of piperidine rings is 1. The van der Waals surface area contributed by atoms with Crippen molar-refractivity contribution in [3.05, 3.63) is 83.7 Å². The van der Waals surface area contributed by atoms with Crippen LogP contribution in [-0.2, 0) is 14.4 Å². The van der Waals surface area contributed by atoms with Gasteiger partial charge in [-0.3, -0.25) is 14.4 Å². The molecule has 11 heteroatoms. The number of hydrogen-bond donors (Lipinski definition) is 3. The quantitative estimate of drug-likeness (QED) is 0.260. The Bertz CT molecular complexity index is 1570. The molecule has 0 aliphatic carbocycles. The first kappa shape index (κ1) is 30.0. The van der Waals surface area contributed by atoms with Crippen LogP contribution in [0.2, 0.25) is 0 Å². The molecule has 1 fully saturated rings. The van der Waals surface area contributed by atoms with Crippen LogP contribution < -0.4 is 10.6 Å². The number of likely N-dealkylation sites (N-methyl/N-ethyl adjacent to an activating group) is 2. The molecule has 4 atom stereocenters. The predicted molar refractivity (Wildman–Crippen MR) is 162 cm³/mol. The summed E-state index contributed by atoms with van der Waals surface area (Å²) in [5, 5.41) is 15.2. The summed E-state index contributed by atoms with van der Waals surface area (Å²) in [6, 6.07) is 17.2. The molecule has 1 saturated heterocycles. The van der Waals surface area contributed by atoms with Crippen LogP contribution in [-0.4, -0.2) is 89.0 Å². The minimum atomic E-state index is -0.863. The lowest BCUT2D eigenvalue weighted by Gasteiger charge is -2.39. The van der Waals surface area contributed by atoms with Crippen LogP contribution in [0.15, 0.2) is 65.2 Å². The van der Waals surface area contributed by atoms with E-state index in [2.05, 4.69) is 37.9 Å². The number of nitrogens with zero attached hydrogens (tertiary/aromatic N) is 4. The highest BCUT2D eigenvalue weighted by Gasteiger charge is 2.40. The fraction of sp³-hybridized carbons (Fsp3) is 0.406. The van der Waals surface area contributed by atoms with Crippen molar-refractivity contribution in [1.82, 2.24) is 35.6 Å². The lowest BCUT2D eigenvalue weighted by molar-refractivity contribution is -0.139. The molecule has 0 saturated carbocycles. The molecule has 226 valence electrons. The third kappa shape index (κ3) is 6.61. The molecule has 0 bridgehead atoms. The molecule has 5 rings (SSSR count). The number of amides is 3. The van der Waals surface area contributed by atoms with Crippen molar-refractivity contribution < 1.29 is 18.8 Å². The van der Waals surface area contributed by atoms with E-state index in [1.165, 1.54) is 4.90 Å². The average molecular weight is 586 g/mol. The number of carbonyl (C=O) groups excluding carboxylic acids is 3. The Hall–Kier alpha value is -4.51. The van der Waals surface area contributed by atoms with E-state index in [0.29, 0.717) is 31.3 Å². The smallest absolute Gasteiger partial charge is 0.245 e. The minimum Gasteiger partial charge on any atom is -0.425 e. The summed E-state index contributed by atoms with van der Waals surface area (Å²) in [5.41, 5.74) is 3.04. The van der Waals surface area contributed by atoms with Gasteiger partial charge in [0.25, 0.3) is 0 Å². The number of likely N-dealkylation sites (tertiary alicyclic amines) is 1. The van der Waals surface area contributed by atoms with Crippen LogP contribution in [0.4, 0.5) is 0 Å². The maximum atomic E-state index is 14.4. The first-order valence-corrected chi connectivity index (χ1v) is 14.6. The molecular weight excluding hydrogens is 546 g/mol. The van der Waals surface area contributed by atoms with Gasteiger partial charge in [-0.1, -0.05) is 55.5 Å². The molecule has 3 heterocycles. The second kappa shape index (κ2) is 13.2. The third-order valence-electron chi connectivity index (χ3n) is 8.34. The van der Waals surface area contributed by atoms with Crippen molar-refractivity contribution in [1.29, 1.82) is 0 Å². The summed E-state index contributed by atoms with van der Waals surface area (Å²) in [6.45, 7) is 4.54. The number of carbonyl (C=O) groups is 3. The monoisotopic (exact) mass is 585 g/mol. The molecule has 1 aliphatic heterocycles. The molecule has 3 N–H and O–H groups in total. The number of hydrogen-bond acceptors (Lipinski definition) is 7. The zero-order chi connectivity index (χ0) is 30.5. The summed E-state index contributed by atoms with van der Waals surface area (Å²) in [6.07, 6.45) is 2.60. The number of benzene rings is 2. The van der Waals surface area contributed by atoms with E-state index < -0.39 is 11.9 Å². The van der Waals surface area contributed by atoms with E-state index in [9.17, 15) is 14.4 Å². The Balaban J connectivity index is 1.43. The van der Waals surface area contributed by atoms with Gasteiger partial charge in [-0.15, -0.1) is 10.2 Å².